The molecule has 9 nitrogen and oxygen atoms in total. The van der Waals surface area contributed by atoms with Crippen LogP contribution >= 0.6 is 11.3 Å². The molecule has 1 atom stereocenters. The van der Waals surface area contributed by atoms with Gasteiger partial charge in [-0.25, -0.2) is 13.2 Å². The monoisotopic (exact) mass is 372 g/mol. The van der Waals surface area contributed by atoms with E-state index in [4.69, 9.17) is 0 Å². The van der Waals surface area contributed by atoms with Gasteiger partial charge in [-0.05, 0) is 11.4 Å². The molecule has 2 aliphatic rings. The minimum Gasteiger partial charge on any atom is -0.346 e. The van der Waals surface area contributed by atoms with Crippen molar-refractivity contribution in [1.82, 2.24) is 19.4 Å². The predicted molar refractivity (Wildman–Crippen MR) is 84.8 cm³/mol. The Hall–Kier alpha value is -1.98. The summed E-state index contributed by atoms with van der Waals surface area (Å²) in [5.74, 6) is -0.943. The molecule has 1 fully saturated rings. The molecule has 4 amide bonds. The molecule has 1 aromatic heterocycles. The number of hydrogen-bond donors (Lipinski definition) is 1. The largest absolute Gasteiger partial charge is 0.346 e. The van der Waals surface area contributed by atoms with Crippen molar-refractivity contribution < 1.29 is 22.8 Å². The van der Waals surface area contributed by atoms with Crippen LogP contribution in [0.15, 0.2) is 16.3 Å². The second-order valence-corrected chi connectivity index (χ2v) is 8.63. The van der Waals surface area contributed by atoms with Gasteiger partial charge in [0.05, 0.1) is 10.9 Å². The number of carbonyl (C=O) groups is 3. The van der Waals surface area contributed by atoms with Gasteiger partial charge in [0.15, 0.2) is 0 Å². The molecule has 1 saturated heterocycles. The molecule has 0 radical (unpaired) electrons. The lowest BCUT2D eigenvalue weighted by Gasteiger charge is -2.30. The Labute approximate surface area is 142 Å². The zero-order chi connectivity index (χ0) is 17.6. The molecule has 11 heteroatoms. The Morgan fingerprint density at radius 2 is 2.08 bits per heavy atom. The quantitative estimate of drug-likeness (QED) is 0.716. The normalized spacial score (nSPS) is 23.5. The summed E-state index contributed by atoms with van der Waals surface area (Å²) in [6.45, 7) is -0.329. The summed E-state index contributed by atoms with van der Waals surface area (Å²) in [6, 6.07) is 0.481. The first-order valence-electron chi connectivity index (χ1n) is 7.10. The van der Waals surface area contributed by atoms with Gasteiger partial charge >= 0.3 is 6.03 Å². The van der Waals surface area contributed by atoms with Gasteiger partial charge in [-0.15, -0.1) is 11.3 Å². The van der Waals surface area contributed by atoms with Gasteiger partial charge in [0.1, 0.15) is 13.1 Å². The van der Waals surface area contributed by atoms with E-state index in [9.17, 15) is 22.8 Å². The molecule has 0 aliphatic carbocycles. The average Bonchev–Trinajstić information content (AvgIpc) is 3.07. The third-order valence-corrected chi connectivity index (χ3v) is 7.01. The van der Waals surface area contributed by atoms with E-state index in [-0.39, 0.29) is 24.5 Å². The van der Waals surface area contributed by atoms with Crippen LogP contribution in [-0.2, 0) is 19.6 Å². The lowest BCUT2D eigenvalue weighted by molar-refractivity contribution is -0.131. The third kappa shape index (κ3) is 2.68. The van der Waals surface area contributed by atoms with E-state index in [1.165, 1.54) is 40.7 Å². The molecule has 1 aromatic rings. The number of sulfonamides is 1. The van der Waals surface area contributed by atoms with Crippen molar-refractivity contribution in [2.24, 2.45) is 0 Å². The van der Waals surface area contributed by atoms with Gasteiger partial charge in [-0.1, -0.05) is 0 Å². The van der Waals surface area contributed by atoms with Gasteiger partial charge in [-0.3, -0.25) is 14.5 Å². The number of hydrogen-bond acceptors (Lipinski definition) is 6. The SMILES string of the molecule is CN1CC(=O)N(CC(=O)NC2CN(C)S(=O)(=O)c3ccsc32)C1=O. The standard InChI is InChI=1S/C13H16N4O5S2/c1-15-7-11(19)17(13(15)20)6-10(18)14-8-5-16(2)24(21,22)9-3-4-23-12(8)9/h3-4,8H,5-7H2,1-2H3,(H,14,18). The van der Waals surface area contributed by atoms with E-state index in [1.54, 1.807) is 5.38 Å². The van der Waals surface area contributed by atoms with E-state index in [2.05, 4.69) is 5.32 Å². The molecule has 0 spiro atoms. The highest BCUT2D eigenvalue weighted by Gasteiger charge is 2.38. The van der Waals surface area contributed by atoms with Crippen LogP contribution < -0.4 is 5.32 Å². The number of urea groups is 1. The molecule has 1 N–H and O–H groups in total. The fourth-order valence-corrected chi connectivity index (χ4v) is 5.40. The van der Waals surface area contributed by atoms with Crippen LogP contribution in [0.1, 0.15) is 10.9 Å². The topological polar surface area (TPSA) is 107 Å². The maximum atomic E-state index is 12.2. The van der Waals surface area contributed by atoms with Crippen LogP contribution in [0, 0.1) is 0 Å². The summed E-state index contributed by atoms with van der Waals surface area (Å²) in [6.07, 6.45) is 0. The van der Waals surface area contributed by atoms with E-state index in [0.29, 0.717) is 4.88 Å². The van der Waals surface area contributed by atoms with Crippen molar-refractivity contribution in [3.05, 3.63) is 16.3 Å². The van der Waals surface area contributed by atoms with Gasteiger partial charge in [0.25, 0.3) is 5.91 Å². The van der Waals surface area contributed by atoms with Crippen molar-refractivity contribution in [2.75, 3.05) is 33.7 Å². The number of nitrogens with zero attached hydrogens (tertiary/aromatic N) is 3. The van der Waals surface area contributed by atoms with Gasteiger partial charge < -0.3 is 10.2 Å². The number of thiophene rings is 1. The Morgan fingerprint density at radius 3 is 2.71 bits per heavy atom. The smallest absolute Gasteiger partial charge is 0.327 e. The van der Waals surface area contributed by atoms with Crippen molar-refractivity contribution >= 4 is 39.2 Å². The average molecular weight is 372 g/mol. The highest BCUT2D eigenvalue weighted by Crippen LogP contribution is 2.35. The zero-order valence-corrected chi connectivity index (χ0v) is 14.7. The molecule has 0 saturated carbocycles. The molecular formula is C13H16N4O5S2. The number of imide groups is 1. The minimum absolute atomic E-state index is 0.0500. The molecule has 0 bridgehead atoms. The Kier molecular flexibility index (Phi) is 4.10. The first kappa shape index (κ1) is 16.9. The first-order chi connectivity index (χ1) is 11.2. The van der Waals surface area contributed by atoms with Crippen LogP contribution in [0.3, 0.4) is 0 Å². The van der Waals surface area contributed by atoms with Crippen molar-refractivity contribution in [3.8, 4) is 0 Å². The number of carbonyl (C=O) groups excluding carboxylic acids is 3. The summed E-state index contributed by atoms with van der Waals surface area (Å²) in [5, 5.41) is 4.37. The van der Waals surface area contributed by atoms with Crippen LogP contribution in [0.4, 0.5) is 4.79 Å². The summed E-state index contributed by atoms with van der Waals surface area (Å²) < 4.78 is 25.6. The maximum Gasteiger partial charge on any atom is 0.327 e. The fourth-order valence-electron chi connectivity index (χ4n) is 2.70. The highest BCUT2D eigenvalue weighted by atomic mass is 32.2. The van der Waals surface area contributed by atoms with Gasteiger partial charge in [-0.2, -0.15) is 4.31 Å². The molecule has 0 aromatic carbocycles. The lowest BCUT2D eigenvalue weighted by Crippen LogP contribution is -2.46. The summed E-state index contributed by atoms with van der Waals surface area (Å²) in [4.78, 5) is 38.6. The second kappa shape index (κ2) is 5.83. The fraction of sp³-hybridized carbons (Fsp3) is 0.462. The van der Waals surface area contributed by atoms with Crippen molar-refractivity contribution in [1.29, 1.82) is 0 Å². The van der Waals surface area contributed by atoms with Crippen LogP contribution in [0.5, 0.6) is 0 Å². The Balaban J connectivity index is 1.74. The van der Waals surface area contributed by atoms with Crippen LogP contribution in [0.25, 0.3) is 0 Å². The third-order valence-electron chi connectivity index (χ3n) is 3.97. The van der Waals surface area contributed by atoms with Crippen LogP contribution in [0.2, 0.25) is 0 Å². The van der Waals surface area contributed by atoms with E-state index in [1.807, 2.05) is 0 Å². The highest BCUT2D eigenvalue weighted by molar-refractivity contribution is 7.89. The molecule has 24 heavy (non-hydrogen) atoms. The van der Waals surface area contributed by atoms with E-state index < -0.39 is 33.9 Å². The molecule has 1 unspecified atom stereocenters. The second-order valence-electron chi connectivity index (χ2n) is 5.67. The molecule has 3 rings (SSSR count). The van der Waals surface area contributed by atoms with Crippen LogP contribution in [-0.4, -0.2) is 74.1 Å². The molecule has 2 aliphatic heterocycles. The number of likely N-dealkylation sites (N-methyl/N-ethyl adjacent to an activating group) is 2. The molecule has 3 heterocycles. The number of fused-ring (bicyclic) bond motifs is 1. The number of amides is 4. The van der Waals surface area contributed by atoms with E-state index >= 15 is 0 Å². The van der Waals surface area contributed by atoms with Crippen molar-refractivity contribution in [2.45, 2.75) is 10.9 Å². The Bertz CT molecular complexity index is 818. The lowest BCUT2D eigenvalue weighted by atomic mass is 10.2. The van der Waals surface area contributed by atoms with Gasteiger partial charge in [0.2, 0.25) is 15.9 Å². The summed E-state index contributed by atoms with van der Waals surface area (Å²) >= 11 is 1.25. The predicted octanol–water partition coefficient (Wildman–Crippen LogP) is -0.566. The summed E-state index contributed by atoms with van der Waals surface area (Å²) in [7, 11) is -0.601. The maximum absolute atomic E-state index is 12.2. The minimum atomic E-state index is -3.53. The zero-order valence-electron chi connectivity index (χ0n) is 13.1. The summed E-state index contributed by atoms with van der Waals surface area (Å²) in [5.41, 5.74) is 0. The molecular weight excluding hydrogens is 356 g/mol. The number of nitrogens with one attached hydrogen (secondary N) is 1. The molecule has 130 valence electrons. The van der Waals surface area contributed by atoms with Crippen molar-refractivity contribution in [3.63, 3.8) is 0 Å². The first-order valence-corrected chi connectivity index (χ1v) is 9.42. The van der Waals surface area contributed by atoms with Gasteiger partial charge in [0, 0.05) is 25.5 Å². The van der Waals surface area contributed by atoms with E-state index in [0.717, 1.165) is 4.90 Å². The Morgan fingerprint density at radius 1 is 1.38 bits per heavy atom. The number of rotatable bonds is 3.